The third-order valence-electron chi connectivity index (χ3n) is 4.08. The summed E-state index contributed by atoms with van der Waals surface area (Å²) in [6.07, 6.45) is 5.29. The van der Waals surface area contributed by atoms with E-state index in [1.165, 1.54) is 10.9 Å². The second kappa shape index (κ2) is 5.59. The summed E-state index contributed by atoms with van der Waals surface area (Å²) in [5, 5.41) is 11.4. The molecule has 0 spiro atoms. The lowest BCUT2D eigenvalue weighted by Crippen LogP contribution is -2.35. The molecule has 4 heteroatoms. The van der Waals surface area contributed by atoms with Crippen molar-refractivity contribution >= 4 is 16.7 Å². The molecule has 0 atom stereocenters. The maximum absolute atomic E-state index is 11.0. The molecule has 0 amide bonds. The first-order valence-corrected chi connectivity index (χ1v) is 7.01. The van der Waals surface area contributed by atoms with Crippen molar-refractivity contribution in [2.75, 3.05) is 13.1 Å². The van der Waals surface area contributed by atoms with Gasteiger partial charge in [-0.2, -0.15) is 0 Å². The zero-order valence-corrected chi connectivity index (χ0v) is 11.3. The van der Waals surface area contributed by atoms with Crippen molar-refractivity contribution in [2.24, 2.45) is 5.92 Å². The van der Waals surface area contributed by atoms with Crippen molar-refractivity contribution in [3.05, 3.63) is 42.2 Å². The van der Waals surface area contributed by atoms with Crippen molar-refractivity contribution in [3.63, 3.8) is 0 Å². The van der Waals surface area contributed by atoms with E-state index in [0.29, 0.717) is 0 Å². The topological polar surface area (TPSA) is 53.4 Å². The van der Waals surface area contributed by atoms with Crippen LogP contribution in [-0.4, -0.2) is 34.0 Å². The number of carboxylic acids is 1. The Morgan fingerprint density at radius 2 is 2.00 bits per heavy atom. The summed E-state index contributed by atoms with van der Waals surface area (Å²) in [6.45, 7) is 2.54. The van der Waals surface area contributed by atoms with E-state index in [4.69, 9.17) is 5.11 Å². The second-order valence-corrected chi connectivity index (χ2v) is 5.41. The van der Waals surface area contributed by atoms with Gasteiger partial charge in [-0.05, 0) is 36.9 Å². The van der Waals surface area contributed by atoms with Crippen LogP contribution in [0.5, 0.6) is 0 Å². The molecule has 1 aromatic carbocycles. The van der Waals surface area contributed by atoms with E-state index in [1.807, 2.05) is 24.5 Å². The van der Waals surface area contributed by atoms with Crippen molar-refractivity contribution in [1.29, 1.82) is 0 Å². The number of piperidine rings is 1. The van der Waals surface area contributed by atoms with Gasteiger partial charge < -0.3 is 5.11 Å². The lowest BCUT2D eigenvalue weighted by atomic mass is 9.96. The maximum Gasteiger partial charge on any atom is 0.306 e. The van der Waals surface area contributed by atoms with Crippen LogP contribution in [0.1, 0.15) is 18.4 Å². The van der Waals surface area contributed by atoms with Gasteiger partial charge in [-0.3, -0.25) is 14.7 Å². The standard InChI is InChI=1S/C16H18N2O2/c19-16(20)12-5-7-18(8-6-12)11-14-10-17-9-13-3-1-2-4-15(13)14/h1-4,9-10,12H,5-8,11H2,(H,19,20). The molecule has 2 heterocycles. The normalized spacial score (nSPS) is 17.4. The minimum atomic E-state index is -0.656. The molecule has 1 aromatic heterocycles. The number of aromatic nitrogens is 1. The molecule has 4 nitrogen and oxygen atoms in total. The number of benzene rings is 1. The van der Waals surface area contributed by atoms with Gasteiger partial charge in [-0.15, -0.1) is 0 Å². The summed E-state index contributed by atoms with van der Waals surface area (Å²) in [7, 11) is 0. The van der Waals surface area contributed by atoms with Gasteiger partial charge in [0.25, 0.3) is 0 Å². The molecular weight excluding hydrogens is 252 g/mol. The largest absolute Gasteiger partial charge is 0.481 e. The Kier molecular flexibility index (Phi) is 3.65. The van der Waals surface area contributed by atoms with Gasteiger partial charge in [-0.1, -0.05) is 24.3 Å². The number of hydrogen-bond acceptors (Lipinski definition) is 3. The summed E-state index contributed by atoms with van der Waals surface area (Å²) in [5.41, 5.74) is 1.22. The first-order chi connectivity index (χ1) is 9.74. The number of aliphatic carboxylic acids is 1. The van der Waals surface area contributed by atoms with Crippen molar-refractivity contribution < 1.29 is 9.90 Å². The minimum Gasteiger partial charge on any atom is -0.481 e. The van der Waals surface area contributed by atoms with Crippen molar-refractivity contribution in [1.82, 2.24) is 9.88 Å². The fourth-order valence-corrected chi connectivity index (χ4v) is 2.88. The molecule has 0 saturated carbocycles. The molecule has 1 aliphatic rings. The van der Waals surface area contributed by atoms with Gasteiger partial charge in [0.1, 0.15) is 0 Å². The van der Waals surface area contributed by atoms with Crippen LogP contribution in [0.25, 0.3) is 10.8 Å². The summed E-state index contributed by atoms with van der Waals surface area (Å²) in [6, 6.07) is 8.26. The Balaban J connectivity index is 1.73. The van der Waals surface area contributed by atoms with Crippen molar-refractivity contribution in [2.45, 2.75) is 19.4 Å². The number of carbonyl (C=O) groups is 1. The Morgan fingerprint density at radius 3 is 2.75 bits per heavy atom. The Hall–Kier alpha value is -1.94. The van der Waals surface area contributed by atoms with Crippen molar-refractivity contribution in [3.8, 4) is 0 Å². The Bertz CT molecular complexity index is 613. The van der Waals surface area contributed by atoms with E-state index in [1.54, 1.807) is 0 Å². The number of pyridine rings is 1. The molecule has 0 unspecified atom stereocenters. The first-order valence-electron chi connectivity index (χ1n) is 7.01. The van der Waals surface area contributed by atoms with Crippen LogP contribution in [0.3, 0.4) is 0 Å². The van der Waals surface area contributed by atoms with Crippen LogP contribution in [0.4, 0.5) is 0 Å². The number of carboxylic acid groups (broad SMARTS) is 1. The van der Waals surface area contributed by atoms with Gasteiger partial charge in [0.05, 0.1) is 5.92 Å². The molecule has 0 bridgehead atoms. The monoisotopic (exact) mass is 270 g/mol. The summed E-state index contributed by atoms with van der Waals surface area (Å²) in [5.74, 6) is -0.826. The second-order valence-electron chi connectivity index (χ2n) is 5.41. The molecule has 1 saturated heterocycles. The van der Waals surface area contributed by atoms with Crippen LogP contribution < -0.4 is 0 Å². The van der Waals surface area contributed by atoms with Gasteiger partial charge in [0.15, 0.2) is 0 Å². The number of hydrogen-bond donors (Lipinski definition) is 1. The van der Waals surface area contributed by atoms with Gasteiger partial charge in [0.2, 0.25) is 0 Å². The lowest BCUT2D eigenvalue weighted by molar-refractivity contribution is -0.143. The highest BCUT2D eigenvalue weighted by atomic mass is 16.4. The van der Waals surface area contributed by atoms with Crippen LogP contribution in [-0.2, 0) is 11.3 Å². The number of fused-ring (bicyclic) bond motifs is 1. The Morgan fingerprint density at radius 1 is 1.25 bits per heavy atom. The maximum atomic E-state index is 11.0. The molecule has 0 radical (unpaired) electrons. The Labute approximate surface area is 118 Å². The van der Waals surface area contributed by atoms with Crippen LogP contribution in [0.15, 0.2) is 36.7 Å². The first kappa shape index (κ1) is 13.1. The van der Waals surface area contributed by atoms with Gasteiger partial charge >= 0.3 is 5.97 Å². The molecule has 1 fully saturated rings. The fourth-order valence-electron chi connectivity index (χ4n) is 2.88. The molecule has 3 rings (SSSR count). The molecule has 0 aliphatic carbocycles. The average molecular weight is 270 g/mol. The molecule has 20 heavy (non-hydrogen) atoms. The van der Waals surface area contributed by atoms with E-state index in [2.05, 4.69) is 22.0 Å². The molecule has 104 valence electrons. The molecule has 1 aliphatic heterocycles. The van der Waals surface area contributed by atoms with E-state index in [9.17, 15) is 4.79 Å². The minimum absolute atomic E-state index is 0.170. The number of likely N-dealkylation sites (tertiary alicyclic amines) is 1. The van der Waals surface area contributed by atoms with Crippen LogP contribution in [0.2, 0.25) is 0 Å². The fraction of sp³-hybridized carbons (Fsp3) is 0.375. The number of rotatable bonds is 3. The third kappa shape index (κ3) is 2.65. The zero-order chi connectivity index (χ0) is 13.9. The van der Waals surface area contributed by atoms with Crippen LogP contribution >= 0.6 is 0 Å². The SMILES string of the molecule is O=C(O)C1CCN(Cc2cncc3ccccc23)CC1. The van der Waals surface area contributed by atoms with Crippen LogP contribution in [0, 0.1) is 5.92 Å². The predicted molar refractivity (Wildman–Crippen MR) is 77.4 cm³/mol. The number of nitrogens with zero attached hydrogens (tertiary/aromatic N) is 2. The zero-order valence-electron chi connectivity index (χ0n) is 11.3. The molecule has 1 N–H and O–H groups in total. The third-order valence-corrected chi connectivity index (χ3v) is 4.08. The van der Waals surface area contributed by atoms with E-state index in [-0.39, 0.29) is 5.92 Å². The summed E-state index contributed by atoms with van der Waals surface area (Å²) in [4.78, 5) is 17.6. The highest BCUT2D eigenvalue weighted by molar-refractivity contribution is 5.84. The van der Waals surface area contributed by atoms with E-state index < -0.39 is 5.97 Å². The van der Waals surface area contributed by atoms with Gasteiger partial charge in [-0.25, -0.2) is 0 Å². The summed E-state index contributed by atoms with van der Waals surface area (Å²) < 4.78 is 0. The van der Waals surface area contributed by atoms with Gasteiger partial charge in [0, 0.05) is 24.3 Å². The highest BCUT2D eigenvalue weighted by Crippen LogP contribution is 2.22. The van der Waals surface area contributed by atoms with E-state index >= 15 is 0 Å². The lowest BCUT2D eigenvalue weighted by Gasteiger charge is -2.30. The quantitative estimate of drug-likeness (QED) is 0.931. The van der Waals surface area contributed by atoms with E-state index in [0.717, 1.165) is 37.9 Å². The highest BCUT2D eigenvalue weighted by Gasteiger charge is 2.24. The molecular formula is C16H18N2O2. The average Bonchev–Trinajstić information content (AvgIpc) is 2.48. The predicted octanol–water partition coefficient (Wildman–Crippen LogP) is 2.53. The smallest absolute Gasteiger partial charge is 0.306 e. The summed E-state index contributed by atoms with van der Waals surface area (Å²) >= 11 is 0. The molecule has 2 aromatic rings.